The van der Waals surface area contributed by atoms with Gasteiger partial charge in [-0.25, -0.2) is 0 Å². The van der Waals surface area contributed by atoms with E-state index in [1.165, 1.54) is 4.88 Å². The largest absolute Gasteiger partial charge is 0.358 e. The van der Waals surface area contributed by atoms with Gasteiger partial charge in [-0.3, -0.25) is 4.79 Å². The molecule has 1 rings (SSSR count). The van der Waals surface area contributed by atoms with Gasteiger partial charge in [0.25, 0.3) is 0 Å². The average Bonchev–Trinajstić information content (AvgIpc) is 2.59. The Balaban J connectivity index is 2.37. The fourth-order valence-electron chi connectivity index (χ4n) is 1.01. The fraction of sp³-hybridized carbons (Fsp3) is 0.444. The van der Waals surface area contributed by atoms with E-state index in [9.17, 15) is 4.79 Å². The highest BCUT2D eigenvalue weighted by Gasteiger charge is 2.09. The van der Waals surface area contributed by atoms with Crippen LogP contribution in [0, 0.1) is 0 Å². The Bertz CT molecular complexity index is 314. The summed E-state index contributed by atoms with van der Waals surface area (Å²) in [5.41, 5.74) is 0. The number of amides is 1. The van der Waals surface area contributed by atoms with E-state index < -0.39 is 0 Å². The molecule has 0 spiro atoms. The Hall–Kier alpha value is -0.390. The zero-order chi connectivity index (χ0) is 10.6. The SMILES string of the molecule is CNC(=O)[C@@H](C)NCc1cc(Br)cs1. The van der Waals surface area contributed by atoms with Crippen molar-refractivity contribution >= 4 is 33.2 Å². The molecule has 0 saturated carbocycles. The highest BCUT2D eigenvalue weighted by molar-refractivity contribution is 9.10. The number of thiophene rings is 1. The topological polar surface area (TPSA) is 41.1 Å². The van der Waals surface area contributed by atoms with Gasteiger partial charge < -0.3 is 10.6 Å². The molecule has 1 aromatic rings. The Morgan fingerprint density at radius 3 is 2.93 bits per heavy atom. The zero-order valence-electron chi connectivity index (χ0n) is 8.13. The van der Waals surface area contributed by atoms with Crippen LogP contribution in [0.3, 0.4) is 0 Å². The second-order valence-electron chi connectivity index (χ2n) is 2.95. The first-order valence-corrected chi connectivity index (χ1v) is 5.98. The van der Waals surface area contributed by atoms with Gasteiger partial charge in [-0.15, -0.1) is 11.3 Å². The molecule has 14 heavy (non-hydrogen) atoms. The van der Waals surface area contributed by atoms with E-state index in [1.807, 2.05) is 18.4 Å². The molecule has 78 valence electrons. The number of halogens is 1. The summed E-state index contributed by atoms with van der Waals surface area (Å²) >= 11 is 5.05. The maximum atomic E-state index is 11.2. The van der Waals surface area contributed by atoms with Gasteiger partial charge in [0.05, 0.1) is 6.04 Å². The second-order valence-corrected chi connectivity index (χ2v) is 4.86. The molecule has 3 nitrogen and oxygen atoms in total. The second kappa shape index (κ2) is 5.48. The molecule has 1 amide bonds. The molecule has 0 aliphatic rings. The Morgan fingerprint density at radius 2 is 2.43 bits per heavy atom. The molecule has 0 aliphatic carbocycles. The van der Waals surface area contributed by atoms with Gasteiger partial charge >= 0.3 is 0 Å². The number of hydrogen-bond donors (Lipinski definition) is 2. The lowest BCUT2D eigenvalue weighted by atomic mass is 10.3. The molecule has 0 saturated heterocycles. The fourth-order valence-corrected chi connectivity index (χ4v) is 2.41. The highest BCUT2D eigenvalue weighted by atomic mass is 79.9. The van der Waals surface area contributed by atoms with Crippen molar-refractivity contribution < 1.29 is 4.79 Å². The molecule has 0 radical (unpaired) electrons. The normalized spacial score (nSPS) is 12.5. The van der Waals surface area contributed by atoms with Crippen molar-refractivity contribution in [2.75, 3.05) is 7.05 Å². The van der Waals surface area contributed by atoms with Crippen LogP contribution in [0.1, 0.15) is 11.8 Å². The van der Waals surface area contributed by atoms with E-state index >= 15 is 0 Å². The maximum Gasteiger partial charge on any atom is 0.236 e. The third kappa shape index (κ3) is 3.40. The molecule has 0 unspecified atom stereocenters. The lowest BCUT2D eigenvalue weighted by Crippen LogP contribution is -2.40. The minimum absolute atomic E-state index is 0.0145. The lowest BCUT2D eigenvalue weighted by Gasteiger charge is -2.10. The predicted octanol–water partition coefficient (Wildman–Crippen LogP) is 1.73. The summed E-state index contributed by atoms with van der Waals surface area (Å²) in [5.74, 6) is 0.0145. The van der Waals surface area contributed by atoms with Crippen LogP contribution in [0.2, 0.25) is 0 Å². The van der Waals surface area contributed by atoms with Crippen LogP contribution < -0.4 is 10.6 Å². The third-order valence-electron chi connectivity index (χ3n) is 1.84. The van der Waals surface area contributed by atoms with Crippen molar-refractivity contribution in [1.29, 1.82) is 0 Å². The Kier molecular flexibility index (Phi) is 4.57. The van der Waals surface area contributed by atoms with Crippen LogP contribution >= 0.6 is 27.3 Å². The van der Waals surface area contributed by atoms with Crippen molar-refractivity contribution in [3.05, 3.63) is 20.8 Å². The van der Waals surface area contributed by atoms with Crippen LogP contribution in [-0.2, 0) is 11.3 Å². The van der Waals surface area contributed by atoms with E-state index in [2.05, 4.69) is 26.6 Å². The van der Waals surface area contributed by atoms with Crippen LogP contribution in [0.15, 0.2) is 15.9 Å². The van der Waals surface area contributed by atoms with E-state index in [4.69, 9.17) is 0 Å². The van der Waals surface area contributed by atoms with Gasteiger partial charge in [0, 0.05) is 28.3 Å². The molecule has 1 aromatic heterocycles. The van der Waals surface area contributed by atoms with Gasteiger partial charge in [-0.05, 0) is 28.9 Å². The van der Waals surface area contributed by atoms with Crippen LogP contribution in [0.5, 0.6) is 0 Å². The molecule has 0 aromatic carbocycles. The van der Waals surface area contributed by atoms with Crippen molar-refractivity contribution in [1.82, 2.24) is 10.6 Å². The van der Waals surface area contributed by atoms with Crippen LogP contribution in [-0.4, -0.2) is 19.0 Å². The van der Waals surface area contributed by atoms with E-state index in [0.717, 1.165) is 11.0 Å². The number of likely N-dealkylation sites (N-methyl/N-ethyl adjacent to an activating group) is 1. The molecular weight excluding hydrogens is 264 g/mol. The van der Waals surface area contributed by atoms with Crippen molar-refractivity contribution in [3.8, 4) is 0 Å². The lowest BCUT2D eigenvalue weighted by molar-refractivity contribution is -0.122. The van der Waals surface area contributed by atoms with E-state index in [0.29, 0.717) is 0 Å². The third-order valence-corrected chi connectivity index (χ3v) is 3.54. The quantitative estimate of drug-likeness (QED) is 0.880. The molecule has 1 heterocycles. The van der Waals surface area contributed by atoms with Gasteiger partial charge in [-0.2, -0.15) is 0 Å². The number of hydrogen-bond acceptors (Lipinski definition) is 3. The van der Waals surface area contributed by atoms with Gasteiger partial charge in [-0.1, -0.05) is 0 Å². The van der Waals surface area contributed by atoms with Crippen LogP contribution in [0.4, 0.5) is 0 Å². The smallest absolute Gasteiger partial charge is 0.236 e. The molecule has 0 fully saturated rings. The van der Waals surface area contributed by atoms with E-state index in [1.54, 1.807) is 18.4 Å². The summed E-state index contributed by atoms with van der Waals surface area (Å²) in [4.78, 5) is 12.4. The maximum absolute atomic E-state index is 11.2. The van der Waals surface area contributed by atoms with E-state index in [-0.39, 0.29) is 11.9 Å². The van der Waals surface area contributed by atoms with Gasteiger partial charge in [0.15, 0.2) is 0 Å². The number of carbonyl (C=O) groups is 1. The molecule has 5 heteroatoms. The van der Waals surface area contributed by atoms with Crippen molar-refractivity contribution in [3.63, 3.8) is 0 Å². The van der Waals surface area contributed by atoms with Crippen molar-refractivity contribution in [2.24, 2.45) is 0 Å². The number of nitrogens with one attached hydrogen (secondary N) is 2. The summed E-state index contributed by atoms with van der Waals surface area (Å²) < 4.78 is 1.09. The molecular formula is C9H13BrN2OS. The minimum Gasteiger partial charge on any atom is -0.358 e. The summed E-state index contributed by atoms with van der Waals surface area (Å²) in [6, 6.07) is 1.90. The predicted molar refractivity (Wildman–Crippen MR) is 62.4 cm³/mol. The van der Waals surface area contributed by atoms with Gasteiger partial charge in [0.2, 0.25) is 5.91 Å². The first-order valence-electron chi connectivity index (χ1n) is 4.31. The first-order chi connectivity index (χ1) is 6.63. The summed E-state index contributed by atoms with van der Waals surface area (Å²) in [5, 5.41) is 7.77. The summed E-state index contributed by atoms with van der Waals surface area (Å²) in [6.45, 7) is 2.58. The summed E-state index contributed by atoms with van der Waals surface area (Å²) in [6.07, 6.45) is 0. The summed E-state index contributed by atoms with van der Waals surface area (Å²) in [7, 11) is 1.64. The highest BCUT2D eigenvalue weighted by Crippen LogP contribution is 2.19. The molecule has 0 bridgehead atoms. The standard InChI is InChI=1S/C9H13BrN2OS/c1-6(9(13)11-2)12-4-8-3-7(10)5-14-8/h3,5-6,12H,4H2,1-2H3,(H,11,13)/t6-/m1/s1. The average molecular weight is 277 g/mol. The molecule has 0 aliphatic heterocycles. The van der Waals surface area contributed by atoms with Gasteiger partial charge in [0.1, 0.15) is 0 Å². The minimum atomic E-state index is -0.152. The molecule has 1 atom stereocenters. The first kappa shape index (κ1) is 11.7. The Morgan fingerprint density at radius 1 is 1.71 bits per heavy atom. The van der Waals surface area contributed by atoms with Crippen LogP contribution in [0.25, 0.3) is 0 Å². The zero-order valence-corrected chi connectivity index (χ0v) is 10.5. The number of rotatable bonds is 4. The van der Waals surface area contributed by atoms with Crippen molar-refractivity contribution in [2.45, 2.75) is 19.5 Å². The number of carbonyl (C=O) groups excluding carboxylic acids is 1. The Labute approximate surface area is 96.0 Å². The molecule has 2 N–H and O–H groups in total. The monoisotopic (exact) mass is 276 g/mol.